The van der Waals surface area contributed by atoms with Gasteiger partial charge in [0.1, 0.15) is 10.8 Å². The van der Waals surface area contributed by atoms with Gasteiger partial charge >= 0.3 is 0 Å². The van der Waals surface area contributed by atoms with Gasteiger partial charge in [0, 0.05) is 42.7 Å². The summed E-state index contributed by atoms with van der Waals surface area (Å²) in [5.41, 5.74) is 2.29. The second-order valence-corrected chi connectivity index (χ2v) is 13.5. The van der Waals surface area contributed by atoms with Crippen LogP contribution in [0.5, 0.6) is 5.75 Å². The van der Waals surface area contributed by atoms with Crippen molar-refractivity contribution in [1.29, 1.82) is 0 Å². The molecule has 43 heavy (non-hydrogen) atoms. The van der Waals surface area contributed by atoms with Crippen molar-refractivity contribution in [3.8, 4) is 22.1 Å². The maximum absolute atomic E-state index is 13.8. The van der Waals surface area contributed by atoms with Gasteiger partial charge in [0.25, 0.3) is 11.6 Å². The number of carbonyl (C=O) groups is 1. The molecule has 3 heterocycles. The molecule has 1 saturated heterocycles. The number of amides is 1. The maximum Gasteiger partial charge on any atom is 0.289 e. The quantitative estimate of drug-likeness (QED) is 0.188. The lowest BCUT2D eigenvalue weighted by Gasteiger charge is -2.39. The molecule has 4 aromatic rings. The van der Waals surface area contributed by atoms with Crippen LogP contribution < -0.4 is 4.74 Å². The highest BCUT2D eigenvalue weighted by Crippen LogP contribution is 2.32. The van der Waals surface area contributed by atoms with Gasteiger partial charge in [0.15, 0.2) is 0 Å². The molecule has 0 bridgehead atoms. The predicted octanol–water partition coefficient (Wildman–Crippen LogP) is 5.22. The van der Waals surface area contributed by atoms with Crippen LogP contribution in [-0.4, -0.2) is 76.0 Å². The van der Waals surface area contributed by atoms with Gasteiger partial charge < -0.3 is 9.64 Å². The van der Waals surface area contributed by atoms with Crippen LogP contribution in [0.1, 0.15) is 42.7 Å². The number of nitrogens with zero attached hydrogens (tertiary/aromatic N) is 6. The number of methoxy groups -OCH3 is 1. The third-order valence-electron chi connectivity index (χ3n) is 7.20. The first-order valence-electron chi connectivity index (χ1n) is 13.4. The third kappa shape index (κ3) is 5.87. The van der Waals surface area contributed by atoms with E-state index in [0.717, 1.165) is 23.1 Å². The van der Waals surface area contributed by atoms with Crippen molar-refractivity contribution >= 4 is 44.6 Å². The molecular weight excluding hydrogens is 616 g/mol. The maximum atomic E-state index is 13.8. The topological polar surface area (TPSA) is 141 Å². The Hall–Kier alpha value is -3.85. The Morgan fingerprint density at radius 1 is 1.21 bits per heavy atom. The number of carbonyl (C=O) groups excluding carboxylic acids is 1. The summed E-state index contributed by atoms with van der Waals surface area (Å²) in [4.78, 5) is 30.5. The molecule has 0 N–H and O–H groups in total. The Kier molecular flexibility index (Phi) is 8.56. The number of aromatic nitrogens is 3. The van der Waals surface area contributed by atoms with Crippen molar-refractivity contribution < 1.29 is 22.9 Å². The molecule has 15 heteroatoms. The first-order chi connectivity index (χ1) is 20.4. The molecule has 2 aromatic heterocycles. The molecular formula is C28H29ClN6O6S2. The molecule has 1 fully saturated rings. The minimum absolute atomic E-state index is 0.0210. The number of halogens is 1. The van der Waals surface area contributed by atoms with Gasteiger partial charge in [-0.25, -0.2) is 18.1 Å². The second-order valence-electron chi connectivity index (χ2n) is 10.3. The number of ether oxygens (including phenoxy) is 1. The molecule has 0 radical (unpaired) electrons. The average Bonchev–Trinajstić information content (AvgIpc) is 3.64. The van der Waals surface area contributed by atoms with Gasteiger partial charge in [-0.05, 0) is 37.1 Å². The molecule has 1 amide bonds. The van der Waals surface area contributed by atoms with Crippen molar-refractivity contribution in [3.63, 3.8) is 0 Å². The number of hydrogen-bond acceptors (Lipinski definition) is 9. The number of benzene rings is 2. The van der Waals surface area contributed by atoms with Crippen LogP contribution in [0.2, 0.25) is 5.02 Å². The lowest BCUT2D eigenvalue weighted by Crippen LogP contribution is -2.55. The molecule has 226 valence electrons. The summed E-state index contributed by atoms with van der Waals surface area (Å²) in [6.45, 7) is 5.93. The summed E-state index contributed by atoms with van der Waals surface area (Å²) in [6, 6.07) is 10.4. The highest BCUT2D eigenvalue weighted by Gasteiger charge is 2.37. The third-order valence-corrected chi connectivity index (χ3v) is 10.3. The van der Waals surface area contributed by atoms with Crippen LogP contribution in [0.3, 0.4) is 0 Å². The summed E-state index contributed by atoms with van der Waals surface area (Å²) >= 11 is 7.28. The van der Waals surface area contributed by atoms with Crippen molar-refractivity contribution in [3.05, 3.63) is 80.4 Å². The van der Waals surface area contributed by atoms with E-state index in [1.807, 2.05) is 43.5 Å². The zero-order valence-electron chi connectivity index (χ0n) is 23.8. The van der Waals surface area contributed by atoms with Crippen LogP contribution in [0.15, 0.2) is 58.9 Å². The molecule has 5 rings (SSSR count). The lowest BCUT2D eigenvalue weighted by atomic mass is 10.0. The first kappa shape index (κ1) is 30.6. The molecule has 1 atom stereocenters. The summed E-state index contributed by atoms with van der Waals surface area (Å²) in [5, 5.41) is 18.2. The SMILES string of the molecule is COc1cccc(-c2csc(-n3ncc(C(=O)N4CCN(S(=O)(=O)c5ccc(Cl)c([N+](=O)[O-])c5)[C@H](C)C4)c3C(C)C)n2)c1. The smallest absolute Gasteiger partial charge is 0.289 e. The monoisotopic (exact) mass is 644 g/mol. The Labute approximate surface area is 257 Å². The largest absolute Gasteiger partial charge is 0.497 e. The van der Waals surface area contributed by atoms with E-state index in [1.165, 1.54) is 34.0 Å². The fourth-order valence-electron chi connectivity index (χ4n) is 5.09. The fourth-order valence-corrected chi connectivity index (χ4v) is 7.71. The van der Waals surface area contributed by atoms with Crippen molar-refractivity contribution in [2.45, 2.75) is 37.6 Å². The van der Waals surface area contributed by atoms with E-state index in [4.69, 9.17) is 21.3 Å². The van der Waals surface area contributed by atoms with Gasteiger partial charge in [0.05, 0.1) is 40.1 Å². The summed E-state index contributed by atoms with van der Waals surface area (Å²) in [7, 11) is -2.47. The Bertz CT molecular complexity index is 1800. The van der Waals surface area contributed by atoms with E-state index >= 15 is 0 Å². The standard InChI is InChI=1S/C28H29ClN6O6S2/c1-17(2)26-22(14-30-34(26)28-31-24(16-42-28)19-6-5-7-20(12-19)41-4)27(36)32-10-11-33(18(3)15-32)43(39,40)21-8-9-23(29)25(13-21)35(37)38/h5-9,12-14,16-18H,10-11,15H2,1-4H3/t18-/m1/s1. The van der Waals surface area contributed by atoms with Crippen LogP contribution in [-0.2, 0) is 10.0 Å². The van der Waals surface area contributed by atoms with Crippen molar-refractivity contribution in [2.24, 2.45) is 0 Å². The number of piperazine rings is 1. The minimum Gasteiger partial charge on any atom is -0.497 e. The highest BCUT2D eigenvalue weighted by atomic mass is 35.5. The Morgan fingerprint density at radius 2 is 1.98 bits per heavy atom. The van der Waals surface area contributed by atoms with Crippen LogP contribution in [0.25, 0.3) is 16.4 Å². The van der Waals surface area contributed by atoms with Gasteiger partial charge in [0.2, 0.25) is 15.2 Å². The number of sulfonamides is 1. The van der Waals surface area contributed by atoms with Crippen molar-refractivity contribution in [2.75, 3.05) is 26.7 Å². The fraction of sp³-hybridized carbons (Fsp3) is 0.321. The van der Waals surface area contributed by atoms with Gasteiger partial charge in [-0.3, -0.25) is 14.9 Å². The lowest BCUT2D eigenvalue weighted by molar-refractivity contribution is -0.384. The van der Waals surface area contributed by atoms with E-state index in [9.17, 15) is 23.3 Å². The highest BCUT2D eigenvalue weighted by molar-refractivity contribution is 7.89. The molecule has 0 aliphatic carbocycles. The molecule has 0 saturated carbocycles. The first-order valence-corrected chi connectivity index (χ1v) is 16.1. The Balaban J connectivity index is 1.37. The normalized spacial score (nSPS) is 16.0. The molecule has 0 unspecified atom stereocenters. The predicted molar refractivity (Wildman–Crippen MR) is 163 cm³/mol. The Morgan fingerprint density at radius 3 is 2.65 bits per heavy atom. The molecule has 12 nitrogen and oxygen atoms in total. The molecule has 1 aliphatic heterocycles. The molecule has 2 aromatic carbocycles. The van der Waals surface area contributed by atoms with Crippen LogP contribution in [0, 0.1) is 10.1 Å². The zero-order chi connectivity index (χ0) is 31.1. The van der Waals surface area contributed by atoms with Crippen LogP contribution in [0.4, 0.5) is 5.69 Å². The summed E-state index contributed by atoms with van der Waals surface area (Å²) < 4.78 is 35.1. The number of hydrogen-bond donors (Lipinski definition) is 0. The zero-order valence-corrected chi connectivity index (χ0v) is 26.2. The van der Waals surface area contributed by atoms with E-state index in [-0.39, 0.29) is 41.4 Å². The summed E-state index contributed by atoms with van der Waals surface area (Å²) in [6.07, 6.45) is 1.53. The number of thiazole rings is 1. The number of nitro groups is 1. The molecule has 0 spiro atoms. The van der Waals surface area contributed by atoms with E-state index in [1.54, 1.807) is 23.6 Å². The van der Waals surface area contributed by atoms with E-state index in [0.29, 0.717) is 16.4 Å². The molecule has 1 aliphatic rings. The van der Waals surface area contributed by atoms with E-state index in [2.05, 4.69) is 5.10 Å². The van der Waals surface area contributed by atoms with E-state index < -0.39 is 26.7 Å². The van der Waals surface area contributed by atoms with Crippen molar-refractivity contribution in [1.82, 2.24) is 24.0 Å². The number of nitro benzene ring substituents is 1. The number of rotatable bonds is 8. The second kappa shape index (κ2) is 12.0. The van der Waals surface area contributed by atoms with Crippen LogP contribution >= 0.6 is 22.9 Å². The average molecular weight is 645 g/mol. The summed E-state index contributed by atoms with van der Waals surface area (Å²) in [5.74, 6) is 0.398. The van der Waals surface area contributed by atoms with Gasteiger partial charge in [-0.2, -0.15) is 9.40 Å². The van der Waals surface area contributed by atoms with Gasteiger partial charge in [-0.1, -0.05) is 37.6 Å². The minimum atomic E-state index is -4.08. The van der Waals surface area contributed by atoms with Gasteiger partial charge in [-0.15, -0.1) is 11.3 Å².